The Hall–Kier alpha value is -3.36. The predicted molar refractivity (Wildman–Crippen MR) is 136 cm³/mol. The number of hydrogen-bond donors (Lipinski definition) is 1. The Morgan fingerprint density at radius 3 is 2.20 bits per heavy atom. The molecule has 1 amide bonds. The zero-order valence-electron chi connectivity index (χ0n) is 19.7. The quantitative estimate of drug-likeness (QED) is 0.484. The third kappa shape index (κ3) is 6.21. The van der Waals surface area contributed by atoms with Gasteiger partial charge in [0.1, 0.15) is 12.3 Å². The molecule has 184 valence electrons. The number of anilines is 1. The van der Waals surface area contributed by atoms with Crippen LogP contribution < -0.4 is 14.4 Å². The van der Waals surface area contributed by atoms with E-state index in [9.17, 15) is 13.2 Å². The van der Waals surface area contributed by atoms with E-state index in [0.717, 1.165) is 29.0 Å². The molecule has 1 N–H and O–H groups in total. The first kappa shape index (κ1) is 24.8. The molecule has 0 aromatic heterocycles. The highest BCUT2D eigenvalue weighted by Crippen LogP contribution is 2.35. The highest BCUT2D eigenvalue weighted by molar-refractivity contribution is 7.92. The lowest BCUT2D eigenvalue weighted by Gasteiger charge is -2.38. The zero-order chi connectivity index (χ0) is 24.7. The van der Waals surface area contributed by atoms with Crippen LogP contribution in [0.15, 0.2) is 84.9 Å². The minimum atomic E-state index is -3.77. The Balaban J connectivity index is 1.53. The molecule has 0 unspecified atom stereocenters. The Morgan fingerprint density at radius 1 is 0.943 bits per heavy atom. The van der Waals surface area contributed by atoms with Gasteiger partial charge in [-0.3, -0.25) is 9.10 Å². The molecular formula is C27H30N2O5S. The van der Waals surface area contributed by atoms with E-state index < -0.39 is 10.0 Å². The van der Waals surface area contributed by atoms with Gasteiger partial charge in [-0.25, -0.2) is 8.42 Å². The maximum atomic E-state index is 13.1. The molecule has 3 aromatic carbocycles. The summed E-state index contributed by atoms with van der Waals surface area (Å²) in [6, 6.07) is 26.0. The van der Waals surface area contributed by atoms with Crippen molar-refractivity contribution < 1.29 is 22.7 Å². The van der Waals surface area contributed by atoms with Crippen molar-refractivity contribution in [3.05, 3.63) is 90.5 Å². The molecule has 0 bridgehead atoms. The second-order valence-electron chi connectivity index (χ2n) is 8.69. The van der Waals surface area contributed by atoms with Gasteiger partial charge in [0.25, 0.3) is 0 Å². The van der Waals surface area contributed by atoms with Gasteiger partial charge in [-0.1, -0.05) is 60.7 Å². The van der Waals surface area contributed by atoms with Gasteiger partial charge < -0.3 is 14.8 Å². The fraction of sp³-hybridized carbons (Fsp3) is 0.296. The topological polar surface area (TPSA) is 84.9 Å². The summed E-state index contributed by atoms with van der Waals surface area (Å²) in [6.07, 6.45) is 2.64. The van der Waals surface area contributed by atoms with Crippen molar-refractivity contribution in [2.75, 3.05) is 36.9 Å². The first-order valence-electron chi connectivity index (χ1n) is 11.6. The Morgan fingerprint density at radius 2 is 1.54 bits per heavy atom. The second kappa shape index (κ2) is 10.9. The number of ether oxygens (including phenoxy) is 2. The largest absolute Gasteiger partial charge is 0.455 e. The molecule has 0 spiro atoms. The van der Waals surface area contributed by atoms with Crippen molar-refractivity contribution in [1.82, 2.24) is 5.32 Å². The summed E-state index contributed by atoms with van der Waals surface area (Å²) < 4.78 is 38.1. The molecule has 8 heteroatoms. The van der Waals surface area contributed by atoms with Crippen LogP contribution in [-0.2, 0) is 25.0 Å². The van der Waals surface area contributed by atoms with Gasteiger partial charge in [0.05, 0.1) is 11.9 Å². The van der Waals surface area contributed by atoms with Crippen LogP contribution in [0.4, 0.5) is 5.69 Å². The Labute approximate surface area is 206 Å². The van der Waals surface area contributed by atoms with E-state index in [0.29, 0.717) is 36.9 Å². The number of hydrogen-bond acceptors (Lipinski definition) is 5. The normalized spacial score (nSPS) is 15.2. The maximum Gasteiger partial charge on any atom is 0.240 e. The van der Waals surface area contributed by atoms with E-state index in [-0.39, 0.29) is 17.9 Å². The van der Waals surface area contributed by atoms with Crippen molar-refractivity contribution in [3.8, 4) is 11.5 Å². The Bertz CT molecular complexity index is 1230. The van der Waals surface area contributed by atoms with Crippen LogP contribution in [0.2, 0.25) is 0 Å². The van der Waals surface area contributed by atoms with E-state index in [1.165, 1.54) is 0 Å². The van der Waals surface area contributed by atoms with E-state index in [2.05, 4.69) is 17.4 Å². The molecule has 3 aromatic rings. The average Bonchev–Trinajstić information content (AvgIpc) is 2.88. The smallest absolute Gasteiger partial charge is 0.240 e. The summed E-state index contributed by atoms with van der Waals surface area (Å²) in [5.74, 6) is 0.538. The third-order valence-electron chi connectivity index (χ3n) is 6.25. The summed E-state index contributed by atoms with van der Waals surface area (Å²) in [4.78, 5) is 13.1. The molecule has 0 radical (unpaired) electrons. The van der Waals surface area contributed by atoms with Crippen LogP contribution in [0.1, 0.15) is 18.4 Å². The number of para-hydroxylation sites is 3. The lowest BCUT2D eigenvalue weighted by atomic mass is 9.74. The summed E-state index contributed by atoms with van der Waals surface area (Å²) in [7, 11) is -3.77. The monoisotopic (exact) mass is 494 g/mol. The molecule has 1 aliphatic rings. The highest BCUT2D eigenvalue weighted by Gasteiger charge is 2.35. The molecule has 0 atom stereocenters. The molecule has 0 aliphatic carbocycles. The molecule has 1 saturated heterocycles. The van der Waals surface area contributed by atoms with Gasteiger partial charge in [0.2, 0.25) is 15.9 Å². The SMILES string of the molecule is CS(=O)(=O)N(CC(=O)NCC1(c2ccccc2)CCOCC1)c1ccccc1Oc1ccccc1. The lowest BCUT2D eigenvalue weighted by molar-refractivity contribution is -0.120. The number of carbonyl (C=O) groups is 1. The number of benzene rings is 3. The van der Waals surface area contributed by atoms with Crippen molar-refractivity contribution in [2.45, 2.75) is 18.3 Å². The van der Waals surface area contributed by atoms with E-state index in [1.807, 2.05) is 36.4 Å². The molecule has 35 heavy (non-hydrogen) atoms. The lowest BCUT2D eigenvalue weighted by Crippen LogP contribution is -2.47. The zero-order valence-corrected chi connectivity index (χ0v) is 20.5. The molecule has 0 saturated carbocycles. The van der Waals surface area contributed by atoms with Crippen molar-refractivity contribution >= 4 is 21.6 Å². The van der Waals surface area contributed by atoms with Gasteiger partial charge in [-0.15, -0.1) is 0 Å². The Kier molecular flexibility index (Phi) is 7.73. The fourth-order valence-corrected chi connectivity index (χ4v) is 5.18. The first-order valence-corrected chi connectivity index (χ1v) is 13.4. The van der Waals surface area contributed by atoms with Crippen LogP contribution in [0, 0.1) is 0 Å². The summed E-state index contributed by atoms with van der Waals surface area (Å²) in [6.45, 7) is 1.28. The number of carbonyl (C=O) groups excluding carboxylic acids is 1. The van der Waals surface area contributed by atoms with Gasteiger partial charge in [-0.2, -0.15) is 0 Å². The number of rotatable bonds is 9. The van der Waals surface area contributed by atoms with Crippen LogP contribution in [0.5, 0.6) is 11.5 Å². The number of amides is 1. The van der Waals surface area contributed by atoms with E-state index in [1.54, 1.807) is 36.4 Å². The minimum absolute atomic E-state index is 0.251. The summed E-state index contributed by atoms with van der Waals surface area (Å²) in [5, 5.41) is 2.99. The van der Waals surface area contributed by atoms with Crippen molar-refractivity contribution in [2.24, 2.45) is 0 Å². The van der Waals surface area contributed by atoms with Gasteiger partial charge in [0, 0.05) is 25.2 Å². The molecule has 7 nitrogen and oxygen atoms in total. The highest BCUT2D eigenvalue weighted by atomic mass is 32.2. The molecular weight excluding hydrogens is 464 g/mol. The number of nitrogens with zero attached hydrogens (tertiary/aromatic N) is 1. The molecule has 1 fully saturated rings. The summed E-state index contributed by atoms with van der Waals surface area (Å²) >= 11 is 0. The first-order chi connectivity index (χ1) is 16.9. The molecule has 1 heterocycles. The van der Waals surface area contributed by atoms with Gasteiger partial charge in [-0.05, 0) is 42.7 Å². The number of sulfonamides is 1. The van der Waals surface area contributed by atoms with Crippen LogP contribution in [0.3, 0.4) is 0 Å². The second-order valence-corrected chi connectivity index (χ2v) is 10.6. The molecule has 4 rings (SSSR count). The number of nitrogens with one attached hydrogen (secondary N) is 1. The van der Waals surface area contributed by atoms with E-state index in [4.69, 9.17) is 9.47 Å². The van der Waals surface area contributed by atoms with Crippen molar-refractivity contribution in [3.63, 3.8) is 0 Å². The van der Waals surface area contributed by atoms with Crippen molar-refractivity contribution in [1.29, 1.82) is 0 Å². The molecule has 1 aliphatic heterocycles. The fourth-order valence-electron chi connectivity index (χ4n) is 4.32. The standard InChI is InChI=1S/C27H30N2O5S/c1-35(31,32)29(24-14-8-9-15-25(24)34-23-12-6-3-7-13-23)20-26(30)28-21-27(16-18-33-19-17-27)22-10-4-2-5-11-22/h2-15H,16-21H2,1H3,(H,28,30). The summed E-state index contributed by atoms with van der Waals surface area (Å²) in [5.41, 5.74) is 1.20. The average molecular weight is 495 g/mol. The predicted octanol–water partition coefficient (Wildman–Crippen LogP) is 4.11. The van der Waals surface area contributed by atoms with Gasteiger partial charge >= 0.3 is 0 Å². The minimum Gasteiger partial charge on any atom is -0.455 e. The van der Waals surface area contributed by atoms with Crippen LogP contribution in [0.25, 0.3) is 0 Å². The van der Waals surface area contributed by atoms with Crippen LogP contribution in [-0.4, -0.2) is 46.9 Å². The third-order valence-corrected chi connectivity index (χ3v) is 7.38. The van der Waals surface area contributed by atoms with Crippen LogP contribution >= 0.6 is 0 Å². The van der Waals surface area contributed by atoms with E-state index >= 15 is 0 Å². The van der Waals surface area contributed by atoms with Gasteiger partial charge in [0.15, 0.2) is 5.75 Å². The maximum absolute atomic E-state index is 13.1.